The van der Waals surface area contributed by atoms with Crippen molar-refractivity contribution in [3.05, 3.63) is 34.9 Å². The Hall–Kier alpha value is -0.820. The highest BCUT2D eigenvalue weighted by atomic mass is 14.7. The molecule has 1 nitrogen and oxygen atoms in total. The molecule has 0 aromatic heterocycles. The van der Waals surface area contributed by atoms with Crippen LogP contribution in [0.4, 0.5) is 0 Å². The number of rotatable bonds is 3. The molecule has 1 fully saturated rings. The molecule has 0 amide bonds. The van der Waals surface area contributed by atoms with Crippen molar-refractivity contribution in [1.82, 2.24) is 0 Å². The van der Waals surface area contributed by atoms with Gasteiger partial charge in [-0.1, -0.05) is 32.0 Å². The quantitative estimate of drug-likeness (QED) is 0.873. The monoisotopic (exact) mass is 271 g/mol. The van der Waals surface area contributed by atoms with E-state index in [-0.39, 0.29) is 5.54 Å². The van der Waals surface area contributed by atoms with Gasteiger partial charge in [0.15, 0.2) is 0 Å². The molecule has 1 aromatic carbocycles. The Morgan fingerprint density at radius 1 is 1.15 bits per heavy atom. The van der Waals surface area contributed by atoms with E-state index in [2.05, 4.69) is 32.0 Å². The number of aryl methyl sites for hydroxylation is 2. The zero-order valence-electron chi connectivity index (χ0n) is 13.1. The topological polar surface area (TPSA) is 26.0 Å². The van der Waals surface area contributed by atoms with Gasteiger partial charge < -0.3 is 5.73 Å². The van der Waals surface area contributed by atoms with Gasteiger partial charge in [-0.15, -0.1) is 0 Å². The van der Waals surface area contributed by atoms with Crippen molar-refractivity contribution in [3.63, 3.8) is 0 Å². The van der Waals surface area contributed by atoms with Gasteiger partial charge in [0.2, 0.25) is 0 Å². The second-order valence-corrected chi connectivity index (χ2v) is 7.58. The highest BCUT2D eigenvalue weighted by Gasteiger charge is 2.32. The van der Waals surface area contributed by atoms with Crippen LogP contribution < -0.4 is 5.73 Å². The van der Waals surface area contributed by atoms with Crippen LogP contribution in [-0.4, -0.2) is 5.54 Å². The van der Waals surface area contributed by atoms with Gasteiger partial charge >= 0.3 is 0 Å². The summed E-state index contributed by atoms with van der Waals surface area (Å²) in [6, 6.07) is 7.11. The average molecular weight is 271 g/mol. The zero-order chi connectivity index (χ0) is 14.2. The van der Waals surface area contributed by atoms with E-state index < -0.39 is 0 Å². The highest BCUT2D eigenvalue weighted by molar-refractivity contribution is 5.36. The Balaban J connectivity index is 1.65. The summed E-state index contributed by atoms with van der Waals surface area (Å²) in [4.78, 5) is 0. The van der Waals surface area contributed by atoms with Crippen molar-refractivity contribution in [2.75, 3.05) is 0 Å². The molecule has 1 aromatic rings. The van der Waals surface area contributed by atoms with Crippen LogP contribution in [0.15, 0.2) is 18.2 Å². The lowest BCUT2D eigenvalue weighted by Crippen LogP contribution is -2.45. The summed E-state index contributed by atoms with van der Waals surface area (Å²) in [6.07, 6.45) is 10.0. The Bertz CT molecular complexity index is 467. The maximum atomic E-state index is 6.70. The molecule has 0 saturated heterocycles. The third-order valence-corrected chi connectivity index (χ3v) is 5.69. The first-order chi connectivity index (χ1) is 9.56. The zero-order valence-corrected chi connectivity index (χ0v) is 13.1. The lowest BCUT2D eigenvalue weighted by molar-refractivity contribution is 0.194. The van der Waals surface area contributed by atoms with Gasteiger partial charge in [-0.2, -0.15) is 0 Å². The van der Waals surface area contributed by atoms with Crippen LogP contribution in [0, 0.1) is 11.8 Å². The van der Waals surface area contributed by atoms with Crippen LogP contribution >= 0.6 is 0 Å². The van der Waals surface area contributed by atoms with Crippen LogP contribution in [0.25, 0.3) is 0 Å². The number of hydrogen-bond acceptors (Lipinski definition) is 1. The van der Waals surface area contributed by atoms with Crippen LogP contribution in [0.2, 0.25) is 0 Å². The largest absolute Gasteiger partial charge is 0.325 e. The molecule has 1 heteroatoms. The molecule has 2 N–H and O–H groups in total. The average Bonchev–Trinajstić information content (AvgIpc) is 2.86. The summed E-state index contributed by atoms with van der Waals surface area (Å²) in [5.74, 6) is 1.71. The van der Waals surface area contributed by atoms with Crippen LogP contribution in [0.5, 0.6) is 0 Å². The third kappa shape index (κ3) is 2.93. The van der Waals surface area contributed by atoms with E-state index in [4.69, 9.17) is 5.73 Å². The van der Waals surface area contributed by atoms with Crippen molar-refractivity contribution in [2.45, 2.75) is 70.8 Å². The standard InChI is InChI=1S/C19H29N/c1-14(2)16-8-10-19(20,11-9-16)13-15-6-7-17-4-3-5-18(17)12-15/h6-7,12,14,16H,3-5,8-11,13,20H2,1-2H3. The molecule has 2 aliphatic rings. The number of fused-ring (bicyclic) bond motifs is 1. The summed E-state index contributed by atoms with van der Waals surface area (Å²) in [7, 11) is 0. The second-order valence-electron chi connectivity index (χ2n) is 7.58. The lowest BCUT2D eigenvalue weighted by atomic mass is 9.71. The fourth-order valence-corrected chi connectivity index (χ4v) is 4.20. The Kier molecular flexibility index (Phi) is 3.90. The number of hydrogen-bond donors (Lipinski definition) is 1. The third-order valence-electron chi connectivity index (χ3n) is 5.69. The first kappa shape index (κ1) is 14.1. The summed E-state index contributed by atoms with van der Waals surface area (Å²) in [5, 5.41) is 0. The maximum absolute atomic E-state index is 6.70. The molecular formula is C19H29N. The second kappa shape index (κ2) is 5.52. The van der Waals surface area contributed by atoms with Crippen LogP contribution in [0.3, 0.4) is 0 Å². The van der Waals surface area contributed by atoms with Crippen molar-refractivity contribution in [2.24, 2.45) is 17.6 Å². The molecule has 0 heterocycles. The van der Waals surface area contributed by atoms with Gasteiger partial charge in [0.1, 0.15) is 0 Å². The molecule has 3 rings (SSSR count). The summed E-state index contributed by atoms with van der Waals surface area (Å²) in [5.41, 5.74) is 11.4. The van der Waals surface area contributed by atoms with E-state index in [0.717, 1.165) is 18.3 Å². The van der Waals surface area contributed by atoms with Gasteiger partial charge in [-0.3, -0.25) is 0 Å². The fourth-order valence-electron chi connectivity index (χ4n) is 4.20. The molecule has 0 aliphatic heterocycles. The molecule has 0 radical (unpaired) electrons. The minimum atomic E-state index is 0.0538. The van der Waals surface area contributed by atoms with Gasteiger partial charge in [0.05, 0.1) is 0 Å². The number of benzene rings is 1. The predicted octanol–water partition coefficient (Wildman–Crippen LogP) is 4.26. The molecule has 0 unspecified atom stereocenters. The molecule has 110 valence electrons. The predicted molar refractivity (Wildman–Crippen MR) is 85.9 cm³/mol. The van der Waals surface area contributed by atoms with Crippen LogP contribution in [-0.2, 0) is 19.3 Å². The van der Waals surface area contributed by atoms with Crippen LogP contribution in [0.1, 0.15) is 62.6 Å². The van der Waals surface area contributed by atoms with E-state index in [0.29, 0.717) is 0 Å². The molecular weight excluding hydrogens is 242 g/mol. The molecule has 0 spiro atoms. The van der Waals surface area contributed by atoms with Crippen molar-refractivity contribution in [3.8, 4) is 0 Å². The maximum Gasteiger partial charge on any atom is 0.0195 e. The number of nitrogens with two attached hydrogens (primary N) is 1. The molecule has 20 heavy (non-hydrogen) atoms. The Morgan fingerprint density at radius 2 is 1.85 bits per heavy atom. The first-order valence-electron chi connectivity index (χ1n) is 8.45. The molecule has 0 bridgehead atoms. The molecule has 0 atom stereocenters. The van der Waals surface area contributed by atoms with E-state index >= 15 is 0 Å². The van der Waals surface area contributed by atoms with E-state index in [1.165, 1.54) is 50.5 Å². The fraction of sp³-hybridized carbons (Fsp3) is 0.684. The summed E-state index contributed by atoms with van der Waals surface area (Å²) >= 11 is 0. The van der Waals surface area contributed by atoms with Crippen molar-refractivity contribution < 1.29 is 0 Å². The van der Waals surface area contributed by atoms with E-state index in [1.54, 1.807) is 11.1 Å². The van der Waals surface area contributed by atoms with Gasteiger partial charge in [-0.25, -0.2) is 0 Å². The van der Waals surface area contributed by atoms with Crippen molar-refractivity contribution in [1.29, 1.82) is 0 Å². The van der Waals surface area contributed by atoms with Crippen molar-refractivity contribution >= 4 is 0 Å². The Labute approximate surface area is 124 Å². The van der Waals surface area contributed by atoms with Gasteiger partial charge in [0.25, 0.3) is 0 Å². The molecule has 2 aliphatic carbocycles. The minimum absolute atomic E-state index is 0.0538. The summed E-state index contributed by atoms with van der Waals surface area (Å²) < 4.78 is 0. The highest BCUT2D eigenvalue weighted by Crippen LogP contribution is 2.36. The van der Waals surface area contributed by atoms with E-state index in [9.17, 15) is 0 Å². The normalized spacial score (nSPS) is 29.7. The summed E-state index contributed by atoms with van der Waals surface area (Å²) in [6.45, 7) is 4.71. The first-order valence-corrected chi connectivity index (χ1v) is 8.45. The van der Waals surface area contributed by atoms with Gasteiger partial charge in [0, 0.05) is 5.54 Å². The molecule has 1 saturated carbocycles. The minimum Gasteiger partial charge on any atom is -0.325 e. The Morgan fingerprint density at radius 3 is 2.55 bits per heavy atom. The lowest BCUT2D eigenvalue weighted by Gasteiger charge is -2.39. The van der Waals surface area contributed by atoms with E-state index in [1.807, 2.05) is 0 Å². The smallest absolute Gasteiger partial charge is 0.0195 e. The SMILES string of the molecule is CC(C)C1CCC(N)(Cc2ccc3c(c2)CCC3)CC1. The van der Waals surface area contributed by atoms with Gasteiger partial charge in [-0.05, 0) is 79.9 Å².